The molecule has 0 amide bonds. The van der Waals surface area contributed by atoms with Crippen molar-refractivity contribution in [1.82, 2.24) is 9.71 Å². The number of nitrogens with two attached hydrogens (primary N) is 1. The Kier molecular flexibility index (Phi) is 4.71. The van der Waals surface area contributed by atoms with E-state index in [1.54, 1.807) is 31.2 Å². The van der Waals surface area contributed by atoms with Gasteiger partial charge >= 0.3 is 0 Å². The van der Waals surface area contributed by atoms with E-state index in [1.165, 1.54) is 6.20 Å². The maximum atomic E-state index is 12.0. The van der Waals surface area contributed by atoms with E-state index in [-0.39, 0.29) is 17.3 Å². The first-order chi connectivity index (χ1) is 9.85. The van der Waals surface area contributed by atoms with E-state index in [1.807, 2.05) is 0 Å². The van der Waals surface area contributed by atoms with Crippen molar-refractivity contribution in [2.24, 2.45) is 5.73 Å². The number of oxazole rings is 1. The monoisotopic (exact) mass is 325 g/mol. The van der Waals surface area contributed by atoms with Crippen LogP contribution in [0.25, 0.3) is 0 Å². The molecule has 0 spiro atoms. The van der Waals surface area contributed by atoms with Crippen LogP contribution in [0.15, 0.2) is 34.9 Å². The summed E-state index contributed by atoms with van der Waals surface area (Å²) < 4.78 is 31.7. The second-order valence-electron chi connectivity index (χ2n) is 4.51. The van der Waals surface area contributed by atoms with Crippen molar-refractivity contribution in [2.75, 3.05) is 0 Å². The molecule has 0 fully saturated rings. The summed E-state index contributed by atoms with van der Waals surface area (Å²) in [6, 6.07) is 6.82. The molecule has 0 saturated heterocycles. The van der Waals surface area contributed by atoms with Crippen molar-refractivity contribution >= 4 is 27.2 Å². The maximum absolute atomic E-state index is 12.0. The van der Waals surface area contributed by atoms with E-state index in [9.17, 15) is 8.42 Å². The molecular formula is C13H15N3O3S2. The number of nitrogens with one attached hydrogen (secondary N) is 1. The van der Waals surface area contributed by atoms with E-state index in [4.69, 9.17) is 22.4 Å². The van der Waals surface area contributed by atoms with Gasteiger partial charge in [0.25, 0.3) is 0 Å². The SMILES string of the molecule is Cc1cnc(CNS(=O)(=O)Cc2cccc(C(N)=S)c2)o1. The number of benzene rings is 1. The highest BCUT2D eigenvalue weighted by Crippen LogP contribution is 2.09. The molecule has 0 unspecified atom stereocenters. The van der Waals surface area contributed by atoms with E-state index in [0.717, 1.165) is 0 Å². The molecule has 8 heteroatoms. The van der Waals surface area contributed by atoms with Crippen LogP contribution in [0.5, 0.6) is 0 Å². The van der Waals surface area contributed by atoms with Crippen molar-refractivity contribution in [3.8, 4) is 0 Å². The topological polar surface area (TPSA) is 98.2 Å². The van der Waals surface area contributed by atoms with Crippen LogP contribution in [0.1, 0.15) is 22.8 Å². The average Bonchev–Trinajstić information content (AvgIpc) is 2.82. The molecule has 0 atom stereocenters. The first-order valence-corrected chi connectivity index (χ1v) is 8.19. The molecule has 1 aromatic heterocycles. The van der Waals surface area contributed by atoms with Crippen LogP contribution in [0.2, 0.25) is 0 Å². The van der Waals surface area contributed by atoms with Gasteiger partial charge in [0.2, 0.25) is 15.9 Å². The lowest BCUT2D eigenvalue weighted by molar-refractivity contribution is 0.463. The Bertz CT molecular complexity index is 754. The third-order valence-corrected chi connectivity index (χ3v) is 4.21. The van der Waals surface area contributed by atoms with Crippen LogP contribution in [-0.4, -0.2) is 18.4 Å². The van der Waals surface area contributed by atoms with Crippen LogP contribution >= 0.6 is 12.2 Å². The highest BCUT2D eigenvalue weighted by molar-refractivity contribution is 7.88. The van der Waals surface area contributed by atoms with Crippen LogP contribution in [0, 0.1) is 6.92 Å². The quantitative estimate of drug-likeness (QED) is 0.775. The highest BCUT2D eigenvalue weighted by Gasteiger charge is 2.13. The van der Waals surface area contributed by atoms with Gasteiger partial charge in [0, 0.05) is 5.56 Å². The fraction of sp³-hybridized carbons (Fsp3) is 0.231. The molecule has 0 aliphatic carbocycles. The van der Waals surface area contributed by atoms with Crippen molar-refractivity contribution in [1.29, 1.82) is 0 Å². The zero-order valence-electron chi connectivity index (χ0n) is 11.4. The molecule has 1 aromatic carbocycles. The van der Waals surface area contributed by atoms with Crippen molar-refractivity contribution in [3.05, 3.63) is 53.2 Å². The molecule has 0 bridgehead atoms. The van der Waals surface area contributed by atoms with Crippen LogP contribution < -0.4 is 10.5 Å². The van der Waals surface area contributed by atoms with Gasteiger partial charge < -0.3 is 10.2 Å². The summed E-state index contributed by atoms with van der Waals surface area (Å²) in [5.74, 6) is 0.796. The maximum Gasteiger partial charge on any atom is 0.216 e. The normalized spacial score (nSPS) is 11.5. The Balaban J connectivity index is 2.03. The van der Waals surface area contributed by atoms with Gasteiger partial charge in [0.15, 0.2) is 0 Å². The summed E-state index contributed by atoms with van der Waals surface area (Å²) in [4.78, 5) is 4.17. The zero-order valence-corrected chi connectivity index (χ0v) is 13.0. The standard InChI is InChI=1S/C13H15N3O3S2/c1-9-6-15-12(19-9)7-16-21(17,18)8-10-3-2-4-11(5-10)13(14)20/h2-6,16H,7-8H2,1H3,(H2,14,20). The minimum absolute atomic E-state index is 0.0190. The summed E-state index contributed by atoms with van der Waals surface area (Å²) in [5.41, 5.74) is 6.78. The smallest absolute Gasteiger partial charge is 0.216 e. The predicted octanol–water partition coefficient (Wildman–Crippen LogP) is 1.24. The summed E-state index contributed by atoms with van der Waals surface area (Å²) in [6.45, 7) is 1.76. The van der Waals surface area contributed by atoms with Gasteiger partial charge in [-0.25, -0.2) is 18.1 Å². The summed E-state index contributed by atoms with van der Waals surface area (Å²) in [5, 5.41) is 0. The van der Waals surface area contributed by atoms with E-state index < -0.39 is 10.0 Å². The molecule has 112 valence electrons. The van der Waals surface area contributed by atoms with Gasteiger partial charge in [-0.2, -0.15) is 0 Å². The summed E-state index contributed by atoms with van der Waals surface area (Å²) in [6.07, 6.45) is 1.54. The lowest BCUT2D eigenvalue weighted by atomic mass is 10.1. The molecule has 0 saturated carbocycles. The minimum atomic E-state index is -3.50. The number of aromatic nitrogens is 1. The molecular weight excluding hydrogens is 310 g/mol. The number of hydrogen-bond donors (Lipinski definition) is 2. The number of rotatable bonds is 6. The summed E-state index contributed by atoms with van der Waals surface area (Å²) in [7, 11) is -3.50. The van der Waals surface area contributed by atoms with Gasteiger partial charge in [-0.15, -0.1) is 0 Å². The van der Waals surface area contributed by atoms with Crippen molar-refractivity contribution in [2.45, 2.75) is 19.2 Å². The number of sulfonamides is 1. The molecule has 2 aromatic rings. The molecule has 2 rings (SSSR count). The highest BCUT2D eigenvalue weighted by atomic mass is 32.2. The van der Waals surface area contributed by atoms with E-state index in [0.29, 0.717) is 22.8 Å². The third kappa shape index (κ3) is 4.62. The van der Waals surface area contributed by atoms with Gasteiger partial charge in [-0.05, 0) is 18.6 Å². The second kappa shape index (κ2) is 6.33. The van der Waals surface area contributed by atoms with Gasteiger partial charge in [0.05, 0.1) is 18.5 Å². The Morgan fingerprint density at radius 1 is 1.48 bits per heavy atom. The zero-order chi connectivity index (χ0) is 15.5. The van der Waals surface area contributed by atoms with Gasteiger partial charge in [-0.1, -0.05) is 30.4 Å². The first kappa shape index (κ1) is 15.6. The minimum Gasteiger partial charge on any atom is -0.445 e. The third-order valence-electron chi connectivity index (χ3n) is 2.68. The van der Waals surface area contributed by atoms with Crippen LogP contribution in [0.3, 0.4) is 0 Å². The van der Waals surface area contributed by atoms with Crippen LogP contribution in [0.4, 0.5) is 0 Å². The molecule has 1 heterocycles. The van der Waals surface area contributed by atoms with Crippen molar-refractivity contribution < 1.29 is 12.8 Å². The number of thiocarbonyl (C=S) groups is 1. The van der Waals surface area contributed by atoms with Gasteiger partial charge in [-0.3, -0.25) is 0 Å². The molecule has 3 N–H and O–H groups in total. The molecule has 0 radical (unpaired) electrons. The Morgan fingerprint density at radius 3 is 2.86 bits per heavy atom. The number of nitrogens with zero attached hydrogens (tertiary/aromatic N) is 1. The number of hydrogen-bond acceptors (Lipinski definition) is 5. The van der Waals surface area contributed by atoms with Crippen LogP contribution in [-0.2, 0) is 22.3 Å². The fourth-order valence-corrected chi connectivity index (χ4v) is 2.93. The Labute approximate surface area is 128 Å². The van der Waals surface area contributed by atoms with E-state index in [2.05, 4.69) is 9.71 Å². The van der Waals surface area contributed by atoms with Crippen molar-refractivity contribution in [3.63, 3.8) is 0 Å². The molecule has 0 aliphatic rings. The lowest BCUT2D eigenvalue weighted by Gasteiger charge is -2.06. The average molecular weight is 325 g/mol. The molecule has 6 nitrogen and oxygen atoms in total. The predicted molar refractivity (Wildman–Crippen MR) is 83.0 cm³/mol. The molecule has 0 aliphatic heterocycles. The number of aryl methyl sites for hydroxylation is 1. The van der Waals surface area contributed by atoms with E-state index >= 15 is 0 Å². The lowest BCUT2D eigenvalue weighted by Crippen LogP contribution is -2.25. The Hall–Kier alpha value is -1.77. The Morgan fingerprint density at radius 2 is 2.24 bits per heavy atom. The second-order valence-corrected chi connectivity index (χ2v) is 6.76. The first-order valence-electron chi connectivity index (χ1n) is 6.13. The molecule has 21 heavy (non-hydrogen) atoms. The van der Waals surface area contributed by atoms with Gasteiger partial charge in [0.1, 0.15) is 10.7 Å². The largest absolute Gasteiger partial charge is 0.445 e. The summed E-state index contributed by atoms with van der Waals surface area (Å²) >= 11 is 4.87. The fourth-order valence-electron chi connectivity index (χ4n) is 1.74.